The zero-order chi connectivity index (χ0) is 19.7. The molecule has 0 aliphatic rings. The molecule has 0 spiro atoms. The van der Waals surface area contributed by atoms with Crippen LogP contribution >= 0.6 is 0 Å². The molecule has 0 aliphatic heterocycles. The highest BCUT2D eigenvalue weighted by molar-refractivity contribution is 6.67. The fourth-order valence-corrected chi connectivity index (χ4v) is 6.05. The van der Waals surface area contributed by atoms with Gasteiger partial charge in [0.2, 0.25) is 0 Å². The second kappa shape index (κ2) is 17.1. The molecule has 1 N–H and O–H groups in total. The molecule has 0 bridgehead atoms. The maximum Gasteiger partial charge on any atom is 0.339 e. The first-order chi connectivity index (χ1) is 12.6. The molecular formula is C20H47N3O2Si. The fourth-order valence-electron chi connectivity index (χ4n) is 3.21. The SMILES string of the molecule is CCCNCCCN(CCCN(C)CC)CC[Si](CC)(OCC)OCC. The summed E-state index contributed by atoms with van der Waals surface area (Å²) < 4.78 is 12.3. The molecule has 0 saturated carbocycles. The Morgan fingerprint density at radius 1 is 0.808 bits per heavy atom. The Bertz CT molecular complexity index is 303. The molecule has 0 saturated heterocycles. The molecule has 5 nitrogen and oxygen atoms in total. The van der Waals surface area contributed by atoms with E-state index in [1.807, 2.05) is 0 Å². The van der Waals surface area contributed by atoms with Crippen molar-refractivity contribution in [3.63, 3.8) is 0 Å². The fraction of sp³-hybridized carbons (Fsp3) is 1.00. The van der Waals surface area contributed by atoms with Gasteiger partial charge in [0.1, 0.15) is 0 Å². The summed E-state index contributed by atoms with van der Waals surface area (Å²) in [6.07, 6.45) is 3.66. The van der Waals surface area contributed by atoms with Crippen LogP contribution in [0.5, 0.6) is 0 Å². The van der Waals surface area contributed by atoms with E-state index in [9.17, 15) is 0 Å². The molecule has 0 aromatic carbocycles. The predicted octanol–water partition coefficient (Wildman–Crippen LogP) is 3.56. The van der Waals surface area contributed by atoms with Crippen LogP contribution in [0.3, 0.4) is 0 Å². The van der Waals surface area contributed by atoms with Crippen LogP contribution in [0.4, 0.5) is 0 Å². The van der Waals surface area contributed by atoms with E-state index in [0.29, 0.717) is 0 Å². The minimum Gasteiger partial charge on any atom is -0.394 e. The molecule has 0 fully saturated rings. The third-order valence-electron chi connectivity index (χ3n) is 4.97. The summed E-state index contributed by atoms with van der Waals surface area (Å²) in [6.45, 7) is 20.4. The normalized spacial score (nSPS) is 12.5. The second-order valence-corrected chi connectivity index (χ2v) is 10.7. The summed E-state index contributed by atoms with van der Waals surface area (Å²) in [6, 6.07) is 2.12. The van der Waals surface area contributed by atoms with Crippen LogP contribution in [0.15, 0.2) is 0 Å². The average Bonchev–Trinajstić information content (AvgIpc) is 2.65. The van der Waals surface area contributed by atoms with Crippen molar-refractivity contribution in [1.29, 1.82) is 0 Å². The van der Waals surface area contributed by atoms with Gasteiger partial charge in [-0.25, -0.2) is 0 Å². The minimum atomic E-state index is -2.03. The molecule has 0 heterocycles. The van der Waals surface area contributed by atoms with Crippen LogP contribution in [0.2, 0.25) is 12.1 Å². The van der Waals surface area contributed by atoms with E-state index < -0.39 is 8.56 Å². The third kappa shape index (κ3) is 12.4. The molecule has 0 radical (unpaired) electrons. The average molecular weight is 390 g/mol. The molecular weight excluding hydrogens is 342 g/mol. The highest BCUT2D eigenvalue weighted by atomic mass is 28.4. The van der Waals surface area contributed by atoms with Gasteiger partial charge in [-0.05, 0) is 85.5 Å². The largest absolute Gasteiger partial charge is 0.394 e. The zero-order valence-corrected chi connectivity index (χ0v) is 19.6. The van der Waals surface area contributed by atoms with Crippen LogP contribution in [0.25, 0.3) is 0 Å². The molecule has 0 amide bonds. The Kier molecular flexibility index (Phi) is 17.1. The van der Waals surface area contributed by atoms with Crippen molar-refractivity contribution < 1.29 is 8.85 Å². The summed E-state index contributed by atoms with van der Waals surface area (Å²) in [5, 5.41) is 3.52. The van der Waals surface area contributed by atoms with Crippen LogP contribution in [0.1, 0.15) is 53.9 Å². The standard InChI is InChI=1S/C20H47N3O2Si/c1-7-14-21-15-12-17-23(18-13-16-22(6)8-2)19-20-26(11-5,24-9-3)25-10-4/h21H,7-20H2,1-6H3. The van der Waals surface area contributed by atoms with Gasteiger partial charge in [-0.2, -0.15) is 0 Å². The monoisotopic (exact) mass is 389 g/mol. The van der Waals surface area contributed by atoms with Crippen molar-refractivity contribution in [3.8, 4) is 0 Å². The first-order valence-corrected chi connectivity index (χ1v) is 13.2. The van der Waals surface area contributed by atoms with Gasteiger partial charge in [-0.3, -0.25) is 0 Å². The first kappa shape index (κ1) is 26.0. The smallest absolute Gasteiger partial charge is 0.339 e. The first-order valence-electron chi connectivity index (χ1n) is 11.0. The molecule has 158 valence electrons. The molecule has 26 heavy (non-hydrogen) atoms. The van der Waals surface area contributed by atoms with Gasteiger partial charge in [0.05, 0.1) is 0 Å². The maximum absolute atomic E-state index is 6.16. The van der Waals surface area contributed by atoms with Crippen molar-refractivity contribution in [2.45, 2.75) is 66.0 Å². The summed E-state index contributed by atoms with van der Waals surface area (Å²) in [5.41, 5.74) is 0. The van der Waals surface area contributed by atoms with E-state index in [1.165, 1.54) is 38.9 Å². The summed E-state index contributed by atoms with van der Waals surface area (Å²) in [4.78, 5) is 5.03. The second-order valence-electron chi connectivity index (χ2n) is 7.07. The van der Waals surface area contributed by atoms with Gasteiger partial charge in [0, 0.05) is 25.8 Å². The number of hydrogen-bond acceptors (Lipinski definition) is 5. The Morgan fingerprint density at radius 2 is 1.46 bits per heavy atom. The summed E-state index contributed by atoms with van der Waals surface area (Å²) >= 11 is 0. The van der Waals surface area contributed by atoms with E-state index in [-0.39, 0.29) is 0 Å². The van der Waals surface area contributed by atoms with Crippen molar-refractivity contribution in [2.75, 3.05) is 66.1 Å². The Labute approximate surface area is 165 Å². The lowest BCUT2D eigenvalue weighted by atomic mass is 10.3. The molecule has 0 aliphatic carbocycles. The number of rotatable bonds is 19. The molecule has 0 unspecified atom stereocenters. The number of nitrogens with zero attached hydrogens (tertiary/aromatic N) is 2. The lowest BCUT2D eigenvalue weighted by Gasteiger charge is -2.32. The van der Waals surface area contributed by atoms with Gasteiger partial charge in [0.25, 0.3) is 0 Å². The van der Waals surface area contributed by atoms with E-state index in [2.05, 4.69) is 56.8 Å². The van der Waals surface area contributed by atoms with Crippen molar-refractivity contribution in [3.05, 3.63) is 0 Å². The van der Waals surface area contributed by atoms with Crippen LogP contribution < -0.4 is 5.32 Å². The van der Waals surface area contributed by atoms with E-state index in [0.717, 1.165) is 51.5 Å². The quantitative estimate of drug-likeness (QED) is 0.270. The van der Waals surface area contributed by atoms with Gasteiger partial charge in [-0.15, -0.1) is 0 Å². The maximum atomic E-state index is 6.16. The molecule has 0 atom stereocenters. The molecule has 0 rings (SSSR count). The topological polar surface area (TPSA) is 37.0 Å². The van der Waals surface area contributed by atoms with E-state index >= 15 is 0 Å². The molecule has 0 aromatic rings. The van der Waals surface area contributed by atoms with E-state index in [4.69, 9.17) is 8.85 Å². The summed E-state index contributed by atoms with van der Waals surface area (Å²) in [5.74, 6) is 0. The molecule has 0 aromatic heterocycles. The lowest BCUT2D eigenvalue weighted by molar-refractivity contribution is 0.174. The van der Waals surface area contributed by atoms with Crippen LogP contribution in [0, 0.1) is 0 Å². The Hall–Kier alpha value is 0.0169. The highest BCUT2D eigenvalue weighted by Crippen LogP contribution is 2.20. The predicted molar refractivity (Wildman–Crippen MR) is 116 cm³/mol. The van der Waals surface area contributed by atoms with Gasteiger partial charge in [-0.1, -0.05) is 20.8 Å². The number of hydrogen-bond donors (Lipinski definition) is 1. The van der Waals surface area contributed by atoms with Crippen molar-refractivity contribution in [1.82, 2.24) is 15.1 Å². The van der Waals surface area contributed by atoms with Crippen LogP contribution in [-0.4, -0.2) is 84.4 Å². The minimum absolute atomic E-state index is 0.766. The molecule has 6 heteroatoms. The highest BCUT2D eigenvalue weighted by Gasteiger charge is 2.35. The van der Waals surface area contributed by atoms with Crippen LogP contribution in [-0.2, 0) is 8.85 Å². The Morgan fingerprint density at radius 3 is 2.00 bits per heavy atom. The van der Waals surface area contributed by atoms with Crippen molar-refractivity contribution in [2.24, 2.45) is 0 Å². The Balaban J connectivity index is 4.53. The lowest BCUT2D eigenvalue weighted by Crippen LogP contribution is -2.45. The number of nitrogens with one attached hydrogen (secondary N) is 1. The zero-order valence-electron chi connectivity index (χ0n) is 18.6. The van der Waals surface area contributed by atoms with Gasteiger partial charge < -0.3 is 24.0 Å². The van der Waals surface area contributed by atoms with Gasteiger partial charge >= 0.3 is 8.56 Å². The van der Waals surface area contributed by atoms with Crippen molar-refractivity contribution >= 4 is 8.56 Å². The summed E-state index contributed by atoms with van der Waals surface area (Å²) in [7, 11) is 0.178. The van der Waals surface area contributed by atoms with E-state index in [1.54, 1.807) is 0 Å². The van der Waals surface area contributed by atoms with Gasteiger partial charge in [0.15, 0.2) is 0 Å². The third-order valence-corrected chi connectivity index (χ3v) is 8.66.